The largest absolute Gasteiger partial charge is 0.444 e. The number of amides is 2. The zero-order valence-electron chi connectivity index (χ0n) is 20.8. The van der Waals surface area contributed by atoms with E-state index in [1.54, 1.807) is 23.2 Å². The molecule has 8 nitrogen and oxygen atoms in total. The topological polar surface area (TPSA) is 117 Å². The van der Waals surface area contributed by atoms with Crippen LogP contribution in [0.1, 0.15) is 69.0 Å². The first-order valence-corrected chi connectivity index (χ1v) is 12.1. The molecular weight excluding hydrogens is 444 g/mol. The van der Waals surface area contributed by atoms with Crippen molar-refractivity contribution >= 4 is 34.7 Å². The van der Waals surface area contributed by atoms with Gasteiger partial charge in [-0.3, -0.25) is 9.79 Å². The number of aliphatic hydroxyl groups excluding tert-OH is 1. The SMILES string of the molecule is CCC1(N=CC(=CN)C(O)c2ccc3c4c(cccc24)C(=O)N3)CCN(C(=O)OC(C)(C)C)CC1. The number of likely N-dealkylation sites (tertiary alicyclic amines) is 1. The lowest BCUT2D eigenvalue weighted by Crippen LogP contribution is -2.47. The normalized spacial score (nSPS) is 18.7. The van der Waals surface area contributed by atoms with E-state index in [0.29, 0.717) is 42.6 Å². The highest BCUT2D eigenvalue weighted by atomic mass is 16.6. The molecule has 2 aromatic rings. The Bertz CT molecular complexity index is 1200. The van der Waals surface area contributed by atoms with Gasteiger partial charge in [0.1, 0.15) is 11.7 Å². The fraction of sp³-hybridized carbons (Fsp3) is 0.444. The predicted molar refractivity (Wildman–Crippen MR) is 138 cm³/mol. The average molecular weight is 479 g/mol. The fourth-order valence-electron chi connectivity index (χ4n) is 4.75. The monoisotopic (exact) mass is 478 g/mol. The Balaban J connectivity index is 1.52. The minimum Gasteiger partial charge on any atom is -0.444 e. The summed E-state index contributed by atoms with van der Waals surface area (Å²) in [5.74, 6) is -0.143. The van der Waals surface area contributed by atoms with Crippen molar-refractivity contribution in [1.29, 1.82) is 0 Å². The maximum absolute atomic E-state index is 12.4. The Labute approximate surface area is 205 Å². The van der Waals surface area contributed by atoms with Crippen molar-refractivity contribution in [2.24, 2.45) is 10.7 Å². The lowest BCUT2D eigenvalue weighted by Gasteiger charge is -2.39. The van der Waals surface area contributed by atoms with Gasteiger partial charge >= 0.3 is 6.09 Å². The quantitative estimate of drug-likeness (QED) is 0.546. The number of aliphatic imine (C=N–C) groups is 1. The summed E-state index contributed by atoms with van der Waals surface area (Å²) >= 11 is 0. The molecule has 0 bridgehead atoms. The molecule has 2 aliphatic rings. The first kappa shape index (κ1) is 24.7. The smallest absolute Gasteiger partial charge is 0.410 e. The van der Waals surface area contributed by atoms with Gasteiger partial charge in [0.25, 0.3) is 5.91 Å². The van der Waals surface area contributed by atoms with E-state index in [1.807, 2.05) is 39.0 Å². The molecule has 0 aromatic heterocycles. The van der Waals surface area contributed by atoms with Gasteiger partial charge in [0.2, 0.25) is 0 Å². The second-order valence-corrected chi connectivity index (χ2v) is 10.3. The first-order chi connectivity index (χ1) is 16.6. The van der Waals surface area contributed by atoms with Crippen molar-refractivity contribution in [1.82, 2.24) is 4.90 Å². The van der Waals surface area contributed by atoms with Gasteiger partial charge < -0.3 is 25.8 Å². The third kappa shape index (κ3) is 4.89. The minimum absolute atomic E-state index is 0.143. The molecule has 0 radical (unpaired) electrons. The number of aliphatic hydroxyl groups is 1. The number of hydrogen-bond acceptors (Lipinski definition) is 6. The fourth-order valence-corrected chi connectivity index (χ4v) is 4.75. The number of nitrogens with one attached hydrogen (secondary N) is 1. The van der Waals surface area contributed by atoms with Gasteiger partial charge in [0.15, 0.2) is 0 Å². The molecule has 2 heterocycles. The number of carbonyl (C=O) groups excluding carboxylic acids is 2. The van der Waals surface area contributed by atoms with Crippen LogP contribution in [0.5, 0.6) is 0 Å². The van der Waals surface area contributed by atoms with Crippen LogP contribution in [0.15, 0.2) is 47.1 Å². The lowest BCUT2D eigenvalue weighted by molar-refractivity contribution is 0.0168. The summed E-state index contributed by atoms with van der Waals surface area (Å²) < 4.78 is 5.50. The summed E-state index contributed by atoms with van der Waals surface area (Å²) in [6.45, 7) is 8.77. The molecule has 4 N–H and O–H groups in total. The second-order valence-electron chi connectivity index (χ2n) is 10.3. The second kappa shape index (κ2) is 9.34. The number of hydrogen-bond donors (Lipinski definition) is 3. The molecule has 35 heavy (non-hydrogen) atoms. The Morgan fingerprint density at radius 1 is 1.29 bits per heavy atom. The molecule has 0 aliphatic carbocycles. The summed E-state index contributed by atoms with van der Waals surface area (Å²) in [7, 11) is 0. The molecule has 4 rings (SSSR count). The number of carbonyl (C=O) groups is 2. The number of piperidine rings is 1. The molecule has 2 aromatic carbocycles. The van der Waals surface area contributed by atoms with Crippen molar-refractivity contribution in [3.63, 3.8) is 0 Å². The van der Waals surface area contributed by atoms with Crippen molar-refractivity contribution < 1.29 is 19.4 Å². The van der Waals surface area contributed by atoms with E-state index in [1.165, 1.54) is 6.20 Å². The molecule has 2 aliphatic heterocycles. The number of anilines is 1. The van der Waals surface area contributed by atoms with Crippen LogP contribution < -0.4 is 11.1 Å². The summed E-state index contributed by atoms with van der Waals surface area (Å²) in [6.07, 6.45) is 3.92. The van der Waals surface area contributed by atoms with E-state index < -0.39 is 11.7 Å². The summed E-state index contributed by atoms with van der Waals surface area (Å²) in [6, 6.07) is 9.10. The molecule has 1 saturated heterocycles. The number of nitrogens with zero attached hydrogens (tertiary/aromatic N) is 2. The molecular formula is C27H34N4O4. The van der Waals surface area contributed by atoms with Crippen LogP contribution in [0, 0.1) is 0 Å². The van der Waals surface area contributed by atoms with Crippen LogP contribution >= 0.6 is 0 Å². The minimum atomic E-state index is -1.00. The van der Waals surface area contributed by atoms with E-state index in [9.17, 15) is 14.7 Å². The zero-order chi connectivity index (χ0) is 25.4. The van der Waals surface area contributed by atoms with Crippen LogP contribution in [0.25, 0.3) is 10.8 Å². The highest BCUT2D eigenvalue weighted by Crippen LogP contribution is 2.38. The van der Waals surface area contributed by atoms with E-state index in [2.05, 4.69) is 12.2 Å². The van der Waals surface area contributed by atoms with Gasteiger partial charge in [-0.25, -0.2) is 4.79 Å². The van der Waals surface area contributed by atoms with Gasteiger partial charge in [-0.2, -0.15) is 0 Å². The van der Waals surface area contributed by atoms with E-state index in [4.69, 9.17) is 15.5 Å². The van der Waals surface area contributed by atoms with Crippen molar-refractivity contribution in [2.75, 3.05) is 18.4 Å². The lowest BCUT2D eigenvalue weighted by atomic mass is 9.85. The number of rotatable bonds is 5. The van der Waals surface area contributed by atoms with E-state index in [0.717, 1.165) is 22.9 Å². The molecule has 0 spiro atoms. The van der Waals surface area contributed by atoms with Crippen molar-refractivity contribution in [3.8, 4) is 0 Å². The average Bonchev–Trinajstić information content (AvgIpc) is 3.15. The van der Waals surface area contributed by atoms with E-state index in [-0.39, 0.29) is 17.5 Å². The highest BCUT2D eigenvalue weighted by Gasteiger charge is 2.35. The Kier molecular flexibility index (Phi) is 6.60. The van der Waals surface area contributed by atoms with Crippen LogP contribution in [0.3, 0.4) is 0 Å². The Hall–Kier alpha value is -3.39. The molecule has 1 atom stereocenters. The predicted octanol–water partition coefficient (Wildman–Crippen LogP) is 4.53. The van der Waals surface area contributed by atoms with Crippen LogP contribution in [0.2, 0.25) is 0 Å². The number of benzene rings is 2. The zero-order valence-corrected chi connectivity index (χ0v) is 20.8. The molecule has 2 amide bonds. The van der Waals surface area contributed by atoms with Gasteiger partial charge in [0, 0.05) is 47.7 Å². The Morgan fingerprint density at radius 3 is 2.63 bits per heavy atom. The third-order valence-corrected chi connectivity index (χ3v) is 6.86. The molecule has 0 saturated carbocycles. The number of ether oxygens (including phenoxy) is 1. The Morgan fingerprint density at radius 2 is 2.00 bits per heavy atom. The van der Waals surface area contributed by atoms with Crippen LogP contribution in [-0.2, 0) is 4.74 Å². The van der Waals surface area contributed by atoms with Gasteiger partial charge in [0.05, 0.1) is 5.54 Å². The molecule has 186 valence electrons. The summed E-state index contributed by atoms with van der Waals surface area (Å²) in [5, 5.41) is 15.7. The summed E-state index contributed by atoms with van der Waals surface area (Å²) in [5.41, 5.74) is 7.53. The highest BCUT2D eigenvalue weighted by molar-refractivity contribution is 6.24. The van der Waals surface area contributed by atoms with Crippen molar-refractivity contribution in [3.05, 3.63) is 53.2 Å². The summed E-state index contributed by atoms with van der Waals surface area (Å²) in [4.78, 5) is 31.3. The number of nitrogens with two attached hydrogens (primary N) is 1. The maximum Gasteiger partial charge on any atom is 0.410 e. The van der Waals surface area contributed by atoms with E-state index >= 15 is 0 Å². The first-order valence-electron chi connectivity index (χ1n) is 12.1. The third-order valence-electron chi connectivity index (χ3n) is 6.86. The van der Waals surface area contributed by atoms with Crippen molar-refractivity contribution in [2.45, 2.75) is 64.2 Å². The maximum atomic E-state index is 12.4. The molecule has 1 fully saturated rings. The molecule has 8 heteroatoms. The van der Waals surface area contributed by atoms with Crippen LogP contribution in [-0.4, -0.2) is 52.5 Å². The van der Waals surface area contributed by atoms with Crippen LogP contribution in [0.4, 0.5) is 10.5 Å². The standard InChI is InChI=1S/C27H34N4O4/c1-5-27(11-13-31(14-12-27)25(34)35-26(2,3)4)29-16-17(15-28)23(32)19-9-10-21-22-18(19)7-6-8-20(22)24(33)30-21/h6-10,15-16,23,32H,5,11-14,28H2,1-4H3,(H,30,33). The van der Waals surface area contributed by atoms with Gasteiger partial charge in [-0.15, -0.1) is 0 Å². The van der Waals surface area contributed by atoms with Gasteiger partial charge in [-0.05, 0) is 63.1 Å². The molecule has 1 unspecified atom stereocenters. The van der Waals surface area contributed by atoms with Gasteiger partial charge in [-0.1, -0.05) is 25.1 Å².